The molecule has 3 nitrogen and oxygen atoms in total. The minimum absolute atomic E-state index is 0.00837. The molecule has 3 aromatic rings. The summed E-state index contributed by atoms with van der Waals surface area (Å²) in [5.41, 5.74) is 5.97. The van der Waals surface area contributed by atoms with Crippen LogP contribution in [0.4, 0.5) is 0 Å². The summed E-state index contributed by atoms with van der Waals surface area (Å²) in [6, 6.07) is 20.1. The lowest BCUT2D eigenvalue weighted by atomic mass is 10.1. The predicted molar refractivity (Wildman–Crippen MR) is 83.3 cm³/mol. The van der Waals surface area contributed by atoms with Crippen molar-refractivity contribution >= 4 is 28.4 Å². The topological polar surface area (TPSA) is 62.8 Å². The Morgan fingerprint density at radius 3 is 2.55 bits per heavy atom. The maximum atomic E-state index is 7.43. The van der Waals surface area contributed by atoms with Gasteiger partial charge >= 0.3 is 0 Å². The van der Waals surface area contributed by atoms with E-state index in [0.29, 0.717) is 5.69 Å². The molecule has 0 aliphatic rings. The van der Waals surface area contributed by atoms with Crippen molar-refractivity contribution in [1.29, 1.82) is 5.41 Å². The molecule has 0 spiro atoms. The van der Waals surface area contributed by atoms with Crippen LogP contribution in [0, 0.1) is 5.41 Å². The second kappa shape index (κ2) is 5.35. The van der Waals surface area contributed by atoms with Crippen molar-refractivity contribution in [3.05, 3.63) is 66.4 Å². The summed E-state index contributed by atoms with van der Waals surface area (Å²) in [6.07, 6.45) is 0. The van der Waals surface area contributed by atoms with E-state index in [1.54, 1.807) is 17.8 Å². The number of aromatic nitrogens is 1. The number of benzene rings is 2. The van der Waals surface area contributed by atoms with E-state index in [1.807, 2.05) is 24.3 Å². The van der Waals surface area contributed by atoms with Crippen LogP contribution in [0.15, 0.2) is 70.6 Å². The smallest absolute Gasteiger partial charge is 0.141 e. The molecule has 3 N–H and O–H groups in total. The number of hydrogen-bond donors (Lipinski definition) is 2. The molecule has 0 radical (unpaired) electrons. The number of nitrogen functional groups attached to an aromatic ring is 1. The Hall–Kier alpha value is -2.33. The van der Waals surface area contributed by atoms with E-state index >= 15 is 0 Å². The first kappa shape index (κ1) is 12.7. The van der Waals surface area contributed by atoms with Crippen LogP contribution in [-0.2, 0) is 0 Å². The second-order valence-electron chi connectivity index (χ2n) is 4.39. The number of nitrogens with zero attached hydrogens (tertiary/aromatic N) is 1. The third-order valence-corrected chi connectivity index (χ3v) is 3.87. The number of pyridine rings is 1. The number of nitrogens with one attached hydrogen (secondary N) is 1. The van der Waals surface area contributed by atoms with E-state index in [1.165, 1.54) is 10.8 Å². The van der Waals surface area contributed by atoms with Crippen molar-refractivity contribution in [2.45, 2.75) is 9.92 Å². The van der Waals surface area contributed by atoms with Crippen molar-refractivity contribution < 1.29 is 0 Å². The molecule has 0 fully saturated rings. The molecule has 0 atom stereocenters. The van der Waals surface area contributed by atoms with E-state index in [4.69, 9.17) is 11.1 Å². The fourth-order valence-electron chi connectivity index (χ4n) is 1.97. The van der Waals surface area contributed by atoms with Crippen molar-refractivity contribution in [3.8, 4) is 0 Å². The summed E-state index contributed by atoms with van der Waals surface area (Å²) in [6.45, 7) is 0. The summed E-state index contributed by atoms with van der Waals surface area (Å²) in [7, 11) is 0. The Kier molecular flexibility index (Phi) is 3.39. The number of amidine groups is 1. The fourth-order valence-corrected chi connectivity index (χ4v) is 2.83. The molecule has 0 saturated carbocycles. The molecule has 20 heavy (non-hydrogen) atoms. The van der Waals surface area contributed by atoms with Crippen molar-refractivity contribution in [2.75, 3.05) is 0 Å². The highest BCUT2D eigenvalue weighted by molar-refractivity contribution is 7.99. The van der Waals surface area contributed by atoms with Crippen LogP contribution in [0.3, 0.4) is 0 Å². The first-order valence-corrected chi connectivity index (χ1v) is 7.02. The van der Waals surface area contributed by atoms with Gasteiger partial charge in [-0.15, -0.1) is 0 Å². The third kappa shape index (κ3) is 2.65. The summed E-state index contributed by atoms with van der Waals surface area (Å²) in [4.78, 5) is 5.48. The monoisotopic (exact) mass is 279 g/mol. The molecule has 0 aliphatic heterocycles. The van der Waals surface area contributed by atoms with Gasteiger partial charge in [0.15, 0.2) is 0 Å². The van der Waals surface area contributed by atoms with Gasteiger partial charge in [-0.05, 0) is 35.0 Å². The Bertz CT molecular complexity index is 783. The molecule has 0 bridgehead atoms. The molecular weight excluding hydrogens is 266 g/mol. The van der Waals surface area contributed by atoms with Crippen LogP contribution < -0.4 is 5.73 Å². The van der Waals surface area contributed by atoms with Crippen LogP contribution >= 0.6 is 11.8 Å². The van der Waals surface area contributed by atoms with Crippen LogP contribution in [0.2, 0.25) is 0 Å². The molecule has 0 aliphatic carbocycles. The Balaban J connectivity index is 1.92. The van der Waals surface area contributed by atoms with Gasteiger partial charge in [0, 0.05) is 4.90 Å². The average molecular weight is 279 g/mol. The van der Waals surface area contributed by atoms with E-state index in [0.717, 1.165) is 9.92 Å². The van der Waals surface area contributed by atoms with Gasteiger partial charge in [-0.3, -0.25) is 5.41 Å². The first-order valence-electron chi connectivity index (χ1n) is 6.20. The highest BCUT2D eigenvalue weighted by Gasteiger charge is 2.03. The molecule has 0 saturated heterocycles. The van der Waals surface area contributed by atoms with E-state index in [9.17, 15) is 0 Å². The summed E-state index contributed by atoms with van der Waals surface area (Å²) < 4.78 is 0. The van der Waals surface area contributed by atoms with Crippen LogP contribution in [0.1, 0.15) is 5.69 Å². The van der Waals surface area contributed by atoms with Gasteiger partial charge in [-0.25, -0.2) is 4.98 Å². The first-order chi connectivity index (χ1) is 9.72. The van der Waals surface area contributed by atoms with E-state index in [2.05, 4.69) is 35.3 Å². The zero-order valence-electron chi connectivity index (χ0n) is 10.7. The molecule has 0 amide bonds. The Morgan fingerprint density at radius 2 is 1.75 bits per heavy atom. The van der Waals surface area contributed by atoms with E-state index < -0.39 is 0 Å². The van der Waals surface area contributed by atoms with Crippen molar-refractivity contribution in [3.63, 3.8) is 0 Å². The summed E-state index contributed by atoms with van der Waals surface area (Å²) >= 11 is 1.57. The summed E-state index contributed by atoms with van der Waals surface area (Å²) in [5.74, 6) is -0.00837. The molecule has 98 valence electrons. The zero-order chi connectivity index (χ0) is 13.9. The standard InChI is InChI=1S/C16H13N3S/c17-16(18)14-6-3-7-15(19-14)20-13-9-8-11-4-1-2-5-12(11)10-13/h1-10H,(H3,17,18). The fraction of sp³-hybridized carbons (Fsp3) is 0. The number of fused-ring (bicyclic) bond motifs is 1. The minimum atomic E-state index is -0.00837. The van der Waals surface area contributed by atoms with Gasteiger partial charge in [-0.2, -0.15) is 0 Å². The normalized spacial score (nSPS) is 10.6. The van der Waals surface area contributed by atoms with Gasteiger partial charge in [0.2, 0.25) is 0 Å². The maximum Gasteiger partial charge on any atom is 0.141 e. The highest BCUT2D eigenvalue weighted by Crippen LogP contribution is 2.28. The molecule has 1 heterocycles. The molecule has 3 rings (SSSR count). The van der Waals surface area contributed by atoms with Crippen LogP contribution in [-0.4, -0.2) is 10.8 Å². The molecular formula is C16H13N3S. The van der Waals surface area contributed by atoms with Gasteiger partial charge < -0.3 is 5.73 Å². The lowest BCUT2D eigenvalue weighted by molar-refractivity contribution is 1.10. The van der Waals surface area contributed by atoms with E-state index in [-0.39, 0.29) is 5.84 Å². The molecule has 2 aromatic carbocycles. The van der Waals surface area contributed by atoms with Gasteiger partial charge in [0.05, 0.1) is 0 Å². The zero-order valence-corrected chi connectivity index (χ0v) is 11.5. The lowest BCUT2D eigenvalue weighted by Crippen LogP contribution is -2.12. The lowest BCUT2D eigenvalue weighted by Gasteiger charge is -2.04. The molecule has 1 aromatic heterocycles. The Labute approximate surface area is 121 Å². The van der Waals surface area contributed by atoms with Gasteiger partial charge in [-0.1, -0.05) is 48.2 Å². The highest BCUT2D eigenvalue weighted by atomic mass is 32.2. The molecule has 0 unspecified atom stereocenters. The SMILES string of the molecule is N=C(N)c1cccc(Sc2ccc3ccccc3c2)n1. The molecule has 4 heteroatoms. The average Bonchev–Trinajstić information content (AvgIpc) is 2.47. The van der Waals surface area contributed by atoms with Gasteiger partial charge in [0.1, 0.15) is 16.6 Å². The number of hydrogen-bond acceptors (Lipinski definition) is 3. The van der Waals surface area contributed by atoms with Crippen LogP contribution in [0.5, 0.6) is 0 Å². The predicted octanol–water partition coefficient (Wildman–Crippen LogP) is 3.67. The van der Waals surface area contributed by atoms with Gasteiger partial charge in [0.25, 0.3) is 0 Å². The second-order valence-corrected chi connectivity index (χ2v) is 5.48. The minimum Gasteiger partial charge on any atom is -0.382 e. The largest absolute Gasteiger partial charge is 0.382 e. The number of nitrogens with two attached hydrogens (primary N) is 1. The van der Waals surface area contributed by atoms with Crippen LogP contribution in [0.25, 0.3) is 10.8 Å². The van der Waals surface area contributed by atoms with Crippen molar-refractivity contribution in [1.82, 2.24) is 4.98 Å². The summed E-state index contributed by atoms with van der Waals surface area (Å²) in [5, 5.41) is 10.7. The number of rotatable bonds is 3. The Morgan fingerprint density at radius 1 is 0.950 bits per heavy atom. The maximum absolute atomic E-state index is 7.43. The third-order valence-electron chi connectivity index (χ3n) is 2.94. The quantitative estimate of drug-likeness (QED) is 0.568. The van der Waals surface area contributed by atoms with Crippen molar-refractivity contribution in [2.24, 2.45) is 5.73 Å².